The molecule has 0 atom stereocenters. The molecule has 0 aliphatic rings. The van der Waals surface area contributed by atoms with E-state index in [0.717, 1.165) is 12.8 Å². The number of methoxy groups -OCH3 is 1. The summed E-state index contributed by atoms with van der Waals surface area (Å²) in [5.74, 6) is -1.66. The normalized spacial score (nSPS) is 8.42. The number of ether oxygens (including phenoxy) is 2. The van der Waals surface area contributed by atoms with Gasteiger partial charge >= 0.3 is 17.9 Å². The van der Waals surface area contributed by atoms with Gasteiger partial charge in [-0.2, -0.15) is 5.26 Å². The van der Waals surface area contributed by atoms with Crippen LogP contribution in [0.15, 0.2) is 59.7 Å². The first kappa shape index (κ1) is 35.6. The second-order valence-corrected chi connectivity index (χ2v) is 6.63. The van der Waals surface area contributed by atoms with Crippen LogP contribution < -0.4 is 0 Å². The number of allylic oxidation sites excluding steroid dienone is 2. The molecule has 0 aliphatic carbocycles. The Bertz CT molecular complexity index is 675. The van der Waals surface area contributed by atoms with Gasteiger partial charge in [-0.25, -0.2) is 14.4 Å². The Morgan fingerprint density at radius 2 is 1.52 bits per heavy atom. The largest absolute Gasteiger partial charge is 0.478 e. The van der Waals surface area contributed by atoms with E-state index >= 15 is 0 Å². The lowest BCUT2D eigenvalue weighted by molar-refractivity contribution is -0.139. The van der Waals surface area contributed by atoms with Gasteiger partial charge in [0.2, 0.25) is 0 Å². The zero-order valence-corrected chi connectivity index (χ0v) is 20.0. The van der Waals surface area contributed by atoms with Gasteiger partial charge in [-0.05, 0) is 26.7 Å². The van der Waals surface area contributed by atoms with Crippen molar-refractivity contribution in [3.8, 4) is 6.07 Å². The number of rotatable bonds is 8. The minimum Gasteiger partial charge on any atom is -0.478 e. The van der Waals surface area contributed by atoms with Gasteiger partial charge in [0.05, 0.1) is 24.3 Å². The molecule has 0 aromatic carbocycles. The third-order valence-corrected chi connectivity index (χ3v) is 2.48. The molecule has 0 saturated carbocycles. The summed E-state index contributed by atoms with van der Waals surface area (Å²) in [5, 5.41) is 16.1. The molecule has 0 unspecified atom stereocenters. The molecule has 0 bridgehead atoms. The van der Waals surface area contributed by atoms with Gasteiger partial charge in [-0.1, -0.05) is 68.9 Å². The Hall–Kier alpha value is -2.82. The number of hydrogen-bond donors (Lipinski definition) is 1. The highest BCUT2D eigenvalue weighted by atomic mass is 35.5. The number of halogens is 2. The van der Waals surface area contributed by atoms with Gasteiger partial charge in [-0.15, -0.1) is 0 Å². The Morgan fingerprint density at radius 3 is 1.77 bits per heavy atom. The first-order valence-electron chi connectivity index (χ1n) is 8.80. The van der Waals surface area contributed by atoms with Crippen LogP contribution in [-0.2, 0) is 23.9 Å². The fraction of sp³-hybridized carbons (Fsp3) is 0.364. The molecule has 0 aliphatic heterocycles. The van der Waals surface area contributed by atoms with Crippen molar-refractivity contribution in [2.24, 2.45) is 0 Å². The molecule has 0 saturated heterocycles. The molecular weight excluding hydrogens is 445 g/mol. The molecule has 0 rings (SSSR count). The molecule has 1 N–H and O–H groups in total. The van der Waals surface area contributed by atoms with Gasteiger partial charge < -0.3 is 14.6 Å². The van der Waals surface area contributed by atoms with E-state index in [1.807, 2.05) is 13.0 Å². The Labute approximate surface area is 194 Å². The molecule has 0 spiro atoms. The van der Waals surface area contributed by atoms with Crippen molar-refractivity contribution in [3.05, 3.63) is 59.7 Å². The van der Waals surface area contributed by atoms with Crippen molar-refractivity contribution in [2.75, 3.05) is 13.7 Å². The zero-order chi connectivity index (χ0) is 25.4. The van der Waals surface area contributed by atoms with E-state index in [9.17, 15) is 14.4 Å². The van der Waals surface area contributed by atoms with Crippen LogP contribution in [0.3, 0.4) is 0 Å². The third-order valence-electron chi connectivity index (χ3n) is 2.48. The second-order valence-electron chi connectivity index (χ2n) is 5.52. The molecule has 0 aromatic heterocycles. The average Bonchev–Trinajstić information content (AvgIpc) is 2.67. The van der Waals surface area contributed by atoms with Gasteiger partial charge in [-0.3, -0.25) is 0 Å². The smallest absolute Gasteiger partial charge is 0.333 e. The maximum absolute atomic E-state index is 11.2. The number of esters is 2. The molecule has 31 heavy (non-hydrogen) atoms. The zero-order valence-electron chi connectivity index (χ0n) is 18.5. The van der Waals surface area contributed by atoms with Crippen molar-refractivity contribution < 1.29 is 29.0 Å². The van der Waals surface area contributed by atoms with Crippen molar-refractivity contribution >= 4 is 41.1 Å². The molecule has 0 radical (unpaired) electrons. The van der Waals surface area contributed by atoms with Crippen LogP contribution in [-0.4, -0.2) is 36.7 Å². The number of carbonyl (C=O) groups is 3. The molecule has 0 aromatic rings. The van der Waals surface area contributed by atoms with E-state index in [4.69, 9.17) is 38.3 Å². The first-order chi connectivity index (χ1) is 14.3. The lowest BCUT2D eigenvalue weighted by Crippen LogP contribution is -2.07. The molecule has 174 valence electrons. The quantitative estimate of drug-likeness (QED) is 0.208. The molecule has 0 fully saturated rings. The number of unbranched alkanes of at least 4 members (excludes halogenated alkanes) is 1. The minimum atomic E-state index is -0.935. The maximum atomic E-state index is 11.2. The van der Waals surface area contributed by atoms with Gasteiger partial charge in [0.25, 0.3) is 0 Å². The van der Waals surface area contributed by atoms with Crippen LogP contribution in [0.5, 0.6) is 0 Å². The predicted molar refractivity (Wildman–Crippen MR) is 125 cm³/mol. The van der Waals surface area contributed by atoms with Crippen molar-refractivity contribution in [2.45, 2.75) is 40.0 Å². The Balaban J connectivity index is -0.000000179. The Morgan fingerprint density at radius 1 is 1.06 bits per heavy atom. The summed E-state index contributed by atoms with van der Waals surface area (Å²) in [4.78, 5) is 31.0. The van der Waals surface area contributed by atoms with Crippen LogP contribution in [0.2, 0.25) is 0 Å². The van der Waals surface area contributed by atoms with Crippen LogP contribution in [0.25, 0.3) is 0 Å². The highest BCUT2D eigenvalue weighted by molar-refractivity contribution is 6.55. The molecular formula is C22H31Cl2NO6. The standard InChI is InChI=1S/C11H15NO2.C5H8O2.C4H6O2.C2H2Cl2/c1-3-4-9-14-11(13)10(2)7-5-6-8-12;1-4(2)5(6)7-3;1-3(2)4(5)6;1-2(3)4/h5-6H,2-4,7,9H2,1H3;1H2,2-3H3;1H2,2H3,(H,5,6);1H2. The number of nitrogens with zero attached hydrogens (tertiary/aromatic N) is 1. The monoisotopic (exact) mass is 475 g/mol. The van der Waals surface area contributed by atoms with Crippen molar-refractivity contribution in [1.29, 1.82) is 5.26 Å². The Kier molecular flexibility index (Phi) is 29.0. The van der Waals surface area contributed by atoms with Crippen molar-refractivity contribution in [3.63, 3.8) is 0 Å². The third kappa shape index (κ3) is 38.4. The SMILES string of the molecule is C=C(C)C(=O)O.C=C(C)C(=O)OC.C=C(CC=CC#N)C(=O)OCCCC.C=C(Cl)Cl. The van der Waals surface area contributed by atoms with Gasteiger partial charge in [0, 0.05) is 22.8 Å². The number of hydrogen-bond acceptors (Lipinski definition) is 6. The molecule has 7 nitrogen and oxygen atoms in total. The lowest BCUT2D eigenvalue weighted by atomic mass is 10.2. The fourth-order valence-electron chi connectivity index (χ4n) is 0.923. The van der Waals surface area contributed by atoms with E-state index < -0.39 is 5.97 Å². The van der Waals surface area contributed by atoms with Crippen LogP contribution >= 0.6 is 23.2 Å². The van der Waals surface area contributed by atoms with Crippen LogP contribution in [0, 0.1) is 11.3 Å². The van der Waals surface area contributed by atoms with Gasteiger partial charge in [0.1, 0.15) is 0 Å². The highest BCUT2D eigenvalue weighted by Crippen LogP contribution is 2.03. The fourth-order valence-corrected chi connectivity index (χ4v) is 0.923. The van der Waals surface area contributed by atoms with Crippen molar-refractivity contribution in [1.82, 2.24) is 0 Å². The summed E-state index contributed by atoms with van der Waals surface area (Å²) in [5.41, 5.74) is 0.991. The topological polar surface area (TPSA) is 114 Å². The number of carbonyl (C=O) groups excluding carboxylic acids is 2. The minimum absolute atomic E-state index is 0.111. The first-order valence-corrected chi connectivity index (χ1v) is 9.55. The summed E-state index contributed by atoms with van der Waals surface area (Å²) in [7, 11) is 1.33. The summed E-state index contributed by atoms with van der Waals surface area (Å²) in [6, 6.07) is 1.84. The van der Waals surface area contributed by atoms with E-state index in [2.05, 4.69) is 31.1 Å². The average molecular weight is 476 g/mol. The lowest BCUT2D eigenvalue weighted by Gasteiger charge is -2.03. The number of aliphatic carboxylic acids is 1. The van der Waals surface area contributed by atoms with E-state index in [1.54, 1.807) is 13.0 Å². The van der Waals surface area contributed by atoms with E-state index in [1.165, 1.54) is 20.1 Å². The van der Waals surface area contributed by atoms with Crippen LogP contribution in [0.1, 0.15) is 40.0 Å². The molecule has 9 heteroatoms. The summed E-state index contributed by atoms with van der Waals surface area (Å²) in [6.07, 6.45) is 5.15. The maximum Gasteiger partial charge on any atom is 0.333 e. The summed E-state index contributed by atoms with van der Waals surface area (Å²) < 4.78 is 9.30. The summed E-state index contributed by atoms with van der Waals surface area (Å²) in [6.45, 7) is 18.7. The highest BCUT2D eigenvalue weighted by Gasteiger charge is 2.05. The van der Waals surface area contributed by atoms with Gasteiger partial charge in [0.15, 0.2) is 0 Å². The number of carboxylic acid groups (broad SMARTS) is 1. The van der Waals surface area contributed by atoms with E-state index in [-0.39, 0.29) is 22.0 Å². The molecule has 0 heterocycles. The van der Waals surface area contributed by atoms with Crippen LogP contribution in [0.4, 0.5) is 0 Å². The second kappa shape index (κ2) is 25.2. The summed E-state index contributed by atoms with van der Waals surface area (Å²) >= 11 is 9.69. The predicted octanol–water partition coefficient (Wildman–Crippen LogP) is 5.67. The number of carboxylic acids is 1. The molecule has 0 amide bonds. The van der Waals surface area contributed by atoms with E-state index in [0.29, 0.717) is 24.2 Å². The number of nitriles is 1.